The van der Waals surface area contributed by atoms with Crippen molar-refractivity contribution in [2.75, 3.05) is 13.2 Å². The Morgan fingerprint density at radius 1 is 1.40 bits per heavy atom. The molecule has 6 heteroatoms. The van der Waals surface area contributed by atoms with Crippen molar-refractivity contribution in [2.24, 2.45) is 10.9 Å². The van der Waals surface area contributed by atoms with Gasteiger partial charge in [-0.15, -0.1) is 0 Å². The van der Waals surface area contributed by atoms with Crippen LogP contribution in [0.15, 0.2) is 23.2 Å². The third kappa shape index (κ3) is 4.76. The highest BCUT2D eigenvalue weighted by Crippen LogP contribution is 2.28. The number of carbonyl (C=O) groups is 1. The average Bonchev–Trinajstić information content (AvgIpc) is 3.21. The van der Waals surface area contributed by atoms with Crippen LogP contribution in [0.2, 0.25) is 0 Å². The fourth-order valence-corrected chi connectivity index (χ4v) is 4.54. The van der Waals surface area contributed by atoms with E-state index in [9.17, 15) is 9.18 Å². The number of hydrogen-bond acceptors (Lipinski definition) is 3. The minimum absolute atomic E-state index is 0.0795. The first-order chi connectivity index (χ1) is 12.2. The second-order valence-corrected chi connectivity index (χ2v) is 7.55. The van der Waals surface area contributed by atoms with Gasteiger partial charge in [-0.05, 0) is 37.5 Å². The van der Waals surface area contributed by atoms with Gasteiger partial charge in [-0.2, -0.15) is 4.99 Å². The number of halogens is 1. The van der Waals surface area contributed by atoms with Crippen LogP contribution < -0.4 is 4.80 Å². The molecule has 2 aromatic rings. The average molecular weight is 364 g/mol. The number of fused-ring (bicyclic) bond motifs is 1. The molecule has 4 nitrogen and oxygen atoms in total. The van der Waals surface area contributed by atoms with Crippen LogP contribution in [0.25, 0.3) is 10.2 Å². The van der Waals surface area contributed by atoms with Crippen molar-refractivity contribution in [3.05, 3.63) is 28.8 Å². The maximum Gasteiger partial charge on any atom is 0.248 e. The van der Waals surface area contributed by atoms with Gasteiger partial charge in [-0.3, -0.25) is 4.79 Å². The summed E-state index contributed by atoms with van der Waals surface area (Å²) in [6, 6.07) is 4.69. The van der Waals surface area contributed by atoms with Gasteiger partial charge < -0.3 is 9.30 Å². The third-order valence-electron chi connectivity index (χ3n) is 4.77. The fourth-order valence-electron chi connectivity index (χ4n) is 3.44. The summed E-state index contributed by atoms with van der Waals surface area (Å²) in [5, 5.41) is 0. The highest BCUT2D eigenvalue weighted by Gasteiger charge is 2.16. The first kappa shape index (κ1) is 18.3. The van der Waals surface area contributed by atoms with Crippen LogP contribution in [0.1, 0.15) is 45.4 Å². The molecule has 1 aromatic carbocycles. The summed E-state index contributed by atoms with van der Waals surface area (Å²) in [6.07, 6.45) is 6.48. The summed E-state index contributed by atoms with van der Waals surface area (Å²) < 4.78 is 21.7. The Labute approximate surface area is 151 Å². The van der Waals surface area contributed by atoms with E-state index in [2.05, 4.69) is 4.99 Å². The first-order valence-corrected chi connectivity index (χ1v) is 9.93. The molecule has 0 saturated heterocycles. The normalized spacial score (nSPS) is 16.2. The molecule has 0 unspecified atom stereocenters. The van der Waals surface area contributed by atoms with Crippen molar-refractivity contribution in [1.82, 2.24) is 4.57 Å². The molecule has 1 aromatic heterocycles. The molecule has 0 aliphatic heterocycles. The Kier molecular flexibility index (Phi) is 6.37. The molecule has 0 N–H and O–H groups in total. The summed E-state index contributed by atoms with van der Waals surface area (Å²) in [4.78, 5) is 17.3. The van der Waals surface area contributed by atoms with Crippen molar-refractivity contribution in [1.29, 1.82) is 0 Å². The van der Waals surface area contributed by atoms with E-state index in [0.717, 1.165) is 16.6 Å². The van der Waals surface area contributed by atoms with Gasteiger partial charge in [0.15, 0.2) is 4.80 Å². The minimum Gasteiger partial charge on any atom is -0.380 e. The van der Waals surface area contributed by atoms with E-state index >= 15 is 0 Å². The maximum atomic E-state index is 13.5. The fraction of sp³-hybridized carbons (Fsp3) is 0.579. The lowest BCUT2D eigenvalue weighted by Gasteiger charge is -2.06. The van der Waals surface area contributed by atoms with E-state index in [1.807, 2.05) is 11.5 Å². The lowest BCUT2D eigenvalue weighted by atomic mass is 10.0. The molecule has 0 bridgehead atoms. The van der Waals surface area contributed by atoms with Crippen LogP contribution in [-0.2, 0) is 16.1 Å². The van der Waals surface area contributed by atoms with Crippen molar-refractivity contribution < 1.29 is 13.9 Å². The van der Waals surface area contributed by atoms with E-state index in [4.69, 9.17) is 4.74 Å². The first-order valence-electron chi connectivity index (χ1n) is 9.11. The van der Waals surface area contributed by atoms with Gasteiger partial charge in [0.1, 0.15) is 5.82 Å². The molecule has 136 valence electrons. The van der Waals surface area contributed by atoms with Crippen molar-refractivity contribution in [3.8, 4) is 0 Å². The van der Waals surface area contributed by atoms with E-state index in [-0.39, 0.29) is 11.7 Å². The summed E-state index contributed by atoms with van der Waals surface area (Å²) in [5.41, 5.74) is 0.897. The predicted octanol–water partition coefficient (Wildman–Crippen LogP) is 4.28. The lowest BCUT2D eigenvalue weighted by molar-refractivity contribution is -0.118. The number of benzene rings is 1. The quantitative estimate of drug-likeness (QED) is 0.689. The molecule has 3 rings (SSSR count). The molecule has 1 aliphatic carbocycles. The SMILES string of the molecule is CCOCCn1c(=NC(=O)CCC2CCCC2)sc2cc(F)ccc21. The smallest absolute Gasteiger partial charge is 0.248 e. The zero-order chi connectivity index (χ0) is 17.6. The lowest BCUT2D eigenvalue weighted by Crippen LogP contribution is -2.19. The molecule has 1 aliphatic rings. The molecule has 0 radical (unpaired) electrons. The molecule has 0 spiro atoms. The zero-order valence-electron chi connectivity index (χ0n) is 14.7. The number of rotatable bonds is 7. The van der Waals surface area contributed by atoms with Crippen LogP contribution in [0, 0.1) is 11.7 Å². The molecule has 25 heavy (non-hydrogen) atoms. The van der Waals surface area contributed by atoms with E-state index in [1.54, 1.807) is 6.07 Å². The summed E-state index contributed by atoms with van der Waals surface area (Å²) >= 11 is 1.36. The number of aromatic nitrogens is 1. The number of carbonyl (C=O) groups excluding carboxylic acids is 1. The van der Waals surface area contributed by atoms with E-state index < -0.39 is 0 Å². The molecule has 1 saturated carbocycles. The number of nitrogens with zero attached hydrogens (tertiary/aromatic N) is 2. The Hall–Kier alpha value is -1.53. The largest absolute Gasteiger partial charge is 0.380 e. The molecule has 1 amide bonds. The molecule has 1 heterocycles. The summed E-state index contributed by atoms with van der Waals surface area (Å²) in [6.45, 7) is 3.74. The monoisotopic (exact) mass is 364 g/mol. The number of thiazole rings is 1. The Bertz CT molecular complexity index is 790. The molecule has 1 fully saturated rings. The molecule has 0 atom stereocenters. The van der Waals surface area contributed by atoms with Gasteiger partial charge in [0.05, 0.1) is 16.8 Å². The summed E-state index contributed by atoms with van der Waals surface area (Å²) in [7, 11) is 0. The van der Waals surface area contributed by atoms with Crippen LogP contribution in [0.3, 0.4) is 0 Å². The van der Waals surface area contributed by atoms with Crippen molar-refractivity contribution in [3.63, 3.8) is 0 Å². The maximum absolute atomic E-state index is 13.5. The van der Waals surface area contributed by atoms with Crippen LogP contribution in [-0.4, -0.2) is 23.7 Å². The number of amides is 1. The van der Waals surface area contributed by atoms with E-state index in [0.29, 0.717) is 36.9 Å². The zero-order valence-corrected chi connectivity index (χ0v) is 15.5. The second-order valence-electron chi connectivity index (χ2n) is 6.54. The number of ether oxygens (including phenoxy) is 1. The standard InChI is InChI=1S/C19H25FN2O2S/c1-2-24-12-11-22-16-9-8-15(20)13-17(16)25-19(22)21-18(23)10-7-14-5-3-4-6-14/h8-9,13-14H,2-7,10-12H2,1H3. The third-order valence-corrected chi connectivity index (χ3v) is 5.81. The van der Waals surface area contributed by atoms with Crippen LogP contribution in [0.4, 0.5) is 4.39 Å². The highest BCUT2D eigenvalue weighted by atomic mass is 32.1. The Morgan fingerprint density at radius 3 is 2.96 bits per heavy atom. The van der Waals surface area contributed by atoms with Crippen LogP contribution >= 0.6 is 11.3 Å². The van der Waals surface area contributed by atoms with Gasteiger partial charge in [0.2, 0.25) is 5.91 Å². The van der Waals surface area contributed by atoms with Gasteiger partial charge >= 0.3 is 0 Å². The summed E-state index contributed by atoms with van der Waals surface area (Å²) in [5.74, 6) is 0.328. The minimum atomic E-state index is -0.273. The van der Waals surface area contributed by atoms with Gasteiger partial charge in [-0.1, -0.05) is 37.0 Å². The molecular formula is C19H25FN2O2S. The van der Waals surface area contributed by atoms with E-state index in [1.165, 1.54) is 49.2 Å². The van der Waals surface area contributed by atoms with Gasteiger partial charge in [0.25, 0.3) is 0 Å². The topological polar surface area (TPSA) is 43.6 Å². The second kappa shape index (κ2) is 8.72. The Morgan fingerprint density at radius 2 is 2.20 bits per heavy atom. The highest BCUT2D eigenvalue weighted by molar-refractivity contribution is 7.16. The predicted molar refractivity (Wildman–Crippen MR) is 98.0 cm³/mol. The molecular weight excluding hydrogens is 339 g/mol. The van der Waals surface area contributed by atoms with Crippen molar-refractivity contribution >= 4 is 27.5 Å². The van der Waals surface area contributed by atoms with Crippen molar-refractivity contribution in [2.45, 2.75) is 52.0 Å². The van der Waals surface area contributed by atoms with Gasteiger partial charge in [0, 0.05) is 19.6 Å². The van der Waals surface area contributed by atoms with Crippen LogP contribution in [0.5, 0.6) is 0 Å². The van der Waals surface area contributed by atoms with Gasteiger partial charge in [-0.25, -0.2) is 4.39 Å². The number of hydrogen-bond donors (Lipinski definition) is 0. The Balaban J connectivity index is 1.81.